The molecule has 1 aliphatic rings. The van der Waals surface area contributed by atoms with Crippen molar-refractivity contribution in [2.45, 2.75) is 25.3 Å². The second-order valence-electron chi connectivity index (χ2n) is 7.95. The monoisotopic (exact) mass is 466 g/mol. The average molecular weight is 467 g/mol. The molecule has 1 fully saturated rings. The molecule has 33 heavy (non-hydrogen) atoms. The van der Waals surface area contributed by atoms with Gasteiger partial charge in [0.2, 0.25) is 21.7 Å². The maximum atomic E-state index is 12.8. The van der Waals surface area contributed by atoms with Gasteiger partial charge in [-0.25, -0.2) is 13.4 Å². The number of carbonyl (C=O) groups excluding carboxylic acids is 1. The fraction of sp³-hybridized carbons (Fsp3) is 0.273. The summed E-state index contributed by atoms with van der Waals surface area (Å²) >= 11 is 0. The van der Waals surface area contributed by atoms with Crippen LogP contribution in [-0.2, 0) is 10.0 Å². The number of anilines is 1. The fourth-order valence-corrected chi connectivity index (χ4v) is 5.19. The van der Waals surface area contributed by atoms with Gasteiger partial charge in [-0.3, -0.25) is 9.20 Å². The molecule has 4 aromatic rings. The largest absolute Gasteiger partial charge is 0.337 e. The topological polar surface area (TPSA) is 123 Å². The summed E-state index contributed by atoms with van der Waals surface area (Å²) in [5, 5.41) is 6.93. The number of rotatable bonds is 5. The Morgan fingerprint density at radius 2 is 2.06 bits per heavy atom. The van der Waals surface area contributed by atoms with Crippen molar-refractivity contribution in [2.24, 2.45) is 0 Å². The van der Waals surface area contributed by atoms with Crippen LogP contribution in [0.4, 0.5) is 5.69 Å². The normalized spacial score (nSPS) is 17.3. The molecule has 1 aliphatic heterocycles. The number of sulfonamides is 1. The average Bonchev–Trinajstić information content (AvgIpc) is 3.46. The summed E-state index contributed by atoms with van der Waals surface area (Å²) in [7, 11) is -3.39. The molecule has 0 radical (unpaired) electrons. The van der Waals surface area contributed by atoms with E-state index >= 15 is 0 Å². The maximum absolute atomic E-state index is 12.8. The van der Waals surface area contributed by atoms with Crippen LogP contribution in [0.15, 0.2) is 59.4 Å². The minimum Gasteiger partial charge on any atom is -0.337 e. The molecule has 1 amide bonds. The highest BCUT2D eigenvalue weighted by Gasteiger charge is 2.34. The van der Waals surface area contributed by atoms with Crippen molar-refractivity contribution in [3.8, 4) is 11.4 Å². The lowest BCUT2D eigenvalue weighted by molar-refractivity contribution is 0.102. The van der Waals surface area contributed by atoms with Crippen LogP contribution in [-0.4, -0.2) is 51.0 Å². The zero-order valence-electron chi connectivity index (χ0n) is 17.9. The predicted molar refractivity (Wildman–Crippen MR) is 121 cm³/mol. The lowest BCUT2D eigenvalue weighted by Crippen LogP contribution is -2.37. The van der Waals surface area contributed by atoms with Gasteiger partial charge in [0.1, 0.15) is 17.4 Å². The summed E-state index contributed by atoms with van der Waals surface area (Å²) in [5.41, 5.74) is 2.30. The van der Waals surface area contributed by atoms with Gasteiger partial charge in [-0.1, -0.05) is 29.8 Å². The summed E-state index contributed by atoms with van der Waals surface area (Å²) in [4.78, 5) is 21.5. The van der Waals surface area contributed by atoms with Crippen molar-refractivity contribution < 1.29 is 17.7 Å². The third-order valence-electron chi connectivity index (χ3n) is 5.63. The summed E-state index contributed by atoms with van der Waals surface area (Å²) in [5.74, 6) is 0.302. The van der Waals surface area contributed by atoms with Gasteiger partial charge in [-0.2, -0.15) is 9.29 Å². The number of hydrogen-bond acceptors (Lipinski definition) is 7. The second-order valence-corrected chi connectivity index (χ2v) is 9.88. The minimum atomic E-state index is -3.39. The molecular weight excluding hydrogens is 444 g/mol. The molecule has 10 nitrogen and oxygen atoms in total. The number of pyridine rings is 1. The van der Waals surface area contributed by atoms with E-state index in [-0.39, 0.29) is 11.8 Å². The summed E-state index contributed by atoms with van der Waals surface area (Å²) in [6.45, 7) is 0.437. The standard InChI is InChI=1S/C22H22N6O4S/c1-33(30,31)28-12-5-2-9-17(28)22-25-20(26-32-22)15-7-6-8-16(13-15)24-21(29)18-14-23-19-10-3-4-11-27(18)19/h3-4,6-8,10-11,13-14,17H,2,5,9,12H2,1H3,(H,24,29). The van der Waals surface area contributed by atoms with Gasteiger partial charge >= 0.3 is 0 Å². The Bertz CT molecular complexity index is 1430. The summed E-state index contributed by atoms with van der Waals surface area (Å²) in [6, 6.07) is 12.1. The Morgan fingerprint density at radius 1 is 1.18 bits per heavy atom. The highest BCUT2D eigenvalue weighted by molar-refractivity contribution is 7.88. The van der Waals surface area contributed by atoms with Crippen LogP contribution in [0.2, 0.25) is 0 Å². The Morgan fingerprint density at radius 3 is 2.91 bits per heavy atom. The van der Waals surface area contributed by atoms with Crippen LogP contribution in [0.5, 0.6) is 0 Å². The van der Waals surface area contributed by atoms with E-state index in [1.165, 1.54) is 16.8 Å². The molecule has 1 unspecified atom stereocenters. The number of nitrogens with zero attached hydrogens (tertiary/aromatic N) is 5. The molecule has 11 heteroatoms. The molecule has 0 bridgehead atoms. The zero-order chi connectivity index (χ0) is 23.0. The van der Waals surface area contributed by atoms with E-state index in [1.807, 2.05) is 18.2 Å². The van der Waals surface area contributed by atoms with E-state index in [0.29, 0.717) is 41.4 Å². The molecule has 4 heterocycles. The molecule has 170 valence electrons. The third-order valence-corrected chi connectivity index (χ3v) is 6.92. The number of nitrogens with one attached hydrogen (secondary N) is 1. The van der Waals surface area contributed by atoms with Crippen molar-refractivity contribution in [1.82, 2.24) is 23.8 Å². The van der Waals surface area contributed by atoms with Crippen LogP contribution in [0.25, 0.3) is 17.0 Å². The van der Waals surface area contributed by atoms with Gasteiger partial charge < -0.3 is 9.84 Å². The molecule has 1 saturated heterocycles. The fourth-order valence-electron chi connectivity index (χ4n) is 4.07. The molecule has 0 saturated carbocycles. The molecular formula is C22H22N6O4S. The van der Waals surface area contributed by atoms with Crippen molar-refractivity contribution in [3.63, 3.8) is 0 Å². The van der Waals surface area contributed by atoms with E-state index in [2.05, 4.69) is 20.4 Å². The number of carbonyl (C=O) groups is 1. The number of amides is 1. The smallest absolute Gasteiger partial charge is 0.274 e. The number of aromatic nitrogens is 4. The molecule has 1 N–H and O–H groups in total. The lowest BCUT2D eigenvalue weighted by Gasteiger charge is -2.30. The zero-order valence-corrected chi connectivity index (χ0v) is 18.7. The van der Waals surface area contributed by atoms with Crippen LogP contribution in [0, 0.1) is 0 Å². The Labute approximate surface area is 190 Å². The van der Waals surface area contributed by atoms with E-state index in [1.54, 1.807) is 34.9 Å². The quantitative estimate of drug-likeness (QED) is 0.479. The first-order valence-electron chi connectivity index (χ1n) is 10.5. The number of piperidine rings is 1. The molecule has 1 aromatic carbocycles. The van der Waals surface area contributed by atoms with Crippen molar-refractivity contribution >= 4 is 27.3 Å². The molecule has 1 atom stereocenters. The Hall–Kier alpha value is -3.57. The van der Waals surface area contributed by atoms with Crippen molar-refractivity contribution in [3.05, 3.63) is 66.4 Å². The van der Waals surface area contributed by atoms with Crippen LogP contribution in [0.1, 0.15) is 41.7 Å². The van der Waals surface area contributed by atoms with E-state index in [9.17, 15) is 13.2 Å². The van der Waals surface area contributed by atoms with E-state index in [4.69, 9.17) is 4.52 Å². The van der Waals surface area contributed by atoms with Crippen molar-refractivity contribution in [2.75, 3.05) is 18.1 Å². The molecule has 5 rings (SSSR count). The van der Waals surface area contributed by atoms with Crippen LogP contribution >= 0.6 is 0 Å². The minimum absolute atomic E-state index is 0.273. The second kappa shape index (κ2) is 8.41. The third kappa shape index (κ3) is 4.24. The molecule has 0 aliphatic carbocycles. The first-order chi connectivity index (χ1) is 15.9. The number of benzene rings is 1. The van der Waals surface area contributed by atoms with E-state index in [0.717, 1.165) is 12.8 Å². The first-order valence-corrected chi connectivity index (χ1v) is 12.4. The molecule has 3 aromatic heterocycles. The highest BCUT2D eigenvalue weighted by atomic mass is 32.2. The summed E-state index contributed by atoms with van der Waals surface area (Å²) in [6.07, 6.45) is 6.82. The number of imidazole rings is 1. The van der Waals surface area contributed by atoms with Gasteiger partial charge in [0.25, 0.3) is 5.91 Å². The van der Waals surface area contributed by atoms with Crippen LogP contribution < -0.4 is 5.32 Å². The molecule has 0 spiro atoms. The van der Waals surface area contributed by atoms with Gasteiger partial charge in [0, 0.05) is 24.0 Å². The van der Waals surface area contributed by atoms with Gasteiger partial charge in [0.15, 0.2) is 0 Å². The SMILES string of the molecule is CS(=O)(=O)N1CCCCC1c1nc(-c2cccc(NC(=O)c3cnc4ccccn34)c2)no1. The van der Waals surface area contributed by atoms with Gasteiger partial charge in [-0.15, -0.1) is 0 Å². The summed E-state index contributed by atoms with van der Waals surface area (Å²) < 4.78 is 32.9. The van der Waals surface area contributed by atoms with Crippen LogP contribution in [0.3, 0.4) is 0 Å². The Balaban J connectivity index is 1.38. The highest BCUT2D eigenvalue weighted by Crippen LogP contribution is 2.33. The van der Waals surface area contributed by atoms with E-state index < -0.39 is 16.1 Å². The Kier molecular flexibility index (Phi) is 5.43. The lowest BCUT2D eigenvalue weighted by atomic mass is 10.1. The first kappa shape index (κ1) is 21.3. The predicted octanol–water partition coefficient (Wildman–Crippen LogP) is 3.12. The van der Waals surface area contributed by atoms with Gasteiger partial charge in [0.05, 0.1) is 12.5 Å². The van der Waals surface area contributed by atoms with Crippen molar-refractivity contribution in [1.29, 1.82) is 0 Å². The number of hydrogen-bond donors (Lipinski definition) is 1. The maximum Gasteiger partial charge on any atom is 0.274 e. The van der Waals surface area contributed by atoms with Gasteiger partial charge in [-0.05, 0) is 37.1 Å². The number of fused-ring (bicyclic) bond motifs is 1.